The Balaban J connectivity index is 1.28. The van der Waals surface area contributed by atoms with E-state index >= 15 is 0 Å². The SMILES string of the molecule is O=C(COc1ccc(F)c(Cl)c1)NC12CCC(NC(=O)COc3ccc(F)c(Cl)c3)(CC1)[C@@H](O)C2. The minimum Gasteiger partial charge on any atom is -0.484 e. The van der Waals surface area contributed by atoms with Crippen molar-refractivity contribution < 1.29 is 33.0 Å². The first-order valence-corrected chi connectivity index (χ1v) is 11.8. The second-order valence-electron chi connectivity index (χ2n) is 8.98. The summed E-state index contributed by atoms with van der Waals surface area (Å²) >= 11 is 11.4. The lowest BCUT2D eigenvalue weighted by Crippen LogP contribution is -2.70. The first kappa shape index (κ1) is 25.5. The number of fused-ring (bicyclic) bond motifs is 3. The van der Waals surface area contributed by atoms with Gasteiger partial charge in [0, 0.05) is 17.7 Å². The van der Waals surface area contributed by atoms with Gasteiger partial charge < -0.3 is 25.2 Å². The molecule has 2 amide bonds. The Hall–Kier alpha value is -2.62. The number of ether oxygens (including phenoxy) is 2. The molecule has 0 radical (unpaired) electrons. The van der Waals surface area contributed by atoms with Crippen molar-refractivity contribution in [1.82, 2.24) is 10.6 Å². The van der Waals surface area contributed by atoms with Gasteiger partial charge in [-0.05, 0) is 56.4 Å². The average molecular weight is 529 g/mol. The van der Waals surface area contributed by atoms with Crippen LogP contribution in [0.2, 0.25) is 10.0 Å². The molecule has 1 atom stereocenters. The molecule has 0 aliphatic heterocycles. The number of carbonyl (C=O) groups is 2. The molecule has 0 aromatic heterocycles. The fourth-order valence-electron chi connectivity index (χ4n) is 4.74. The monoisotopic (exact) mass is 528 g/mol. The molecule has 2 aromatic rings. The number of benzene rings is 2. The van der Waals surface area contributed by atoms with Crippen LogP contribution in [0.5, 0.6) is 11.5 Å². The lowest BCUT2D eigenvalue weighted by molar-refractivity contribution is -0.137. The highest BCUT2D eigenvalue weighted by Gasteiger charge is 2.55. The first-order valence-electron chi connectivity index (χ1n) is 11.1. The van der Waals surface area contributed by atoms with Crippen LogP contribution in [0.25, 0.3) is 0 Å². The zero-order valence-corrected chi connectivity index (χ0v) is 20.1. The molecule has 3 aliphatic rings. The fourth-order valence-corrected chi connectivity index (χ4v) is 5.08. The highest BCUT2D eigenvalue weighted by Crippen LogP contribution is 2.47. The summed E-state index contributed by atoms with van der Waals surface area (Å²) in [5, 5.41) is 16.5. The van der Waals surface area contributed by atoms with Crippen LogP contribution in [0.1, 0.15) is 32.1 Å². The number of aliphatic hydroxyl groups is 1. The van der Waals surface area contributed by atoms with Crippen LogP contribution in [-0.4, -0.2) is 47.3 Å². The van der Waals surface area contributed by atoms with Gasteiger partial charge in [-0.15, -0.1) is 0 Å². The quantitative estimate of drug-likeness (QED) is 0.484. The van der Waals surface area contributed by atoms with Crippen LogP contribution in [-0.2, 0) is 9.59 Å². The van der Waals surface area contributed by atoms with Gasteiger partial charge in [0.2, 0.25) is 0 Å². The lowest BCUT2D eigenvalue weighted by atomic mass is 9.60. The fraction of sp³-hybridized carbons (Fsp3) is 0.417. The molecule has 11 heteroatoms. The Kier molecular flexibility index (Phi) is 7.40. The van der Waals surface area contributed by atoms with Gasteiger partial charge in [0.1, 0.15) is 23.1 Å². The number of hydrogen-bond acceptors (Lipinski definition) is 5. The number of rotatable bonds is 8. The Morgan fingerprint density at radius 1 is 0.886 bits per heavy atom. The van der Waals surface area contributed by atoms with Crippen molar-refractivity contribution in [3.8, 4) is 11.5 Å². The van der Waals surface area contributed by atoms with Crippen molar-refractivity contribution in [3.63, 3.8) is 0 Å². The van der Waals surface area contributed by atoms with Crippen molar-refractivity contribution in [2.45, 2.75) is 49.3 Å². The van der Waals surface area contributed by atoms with E-state index in [2.05, 4.69) is 10.6 Å². The maximum Gasteiger partial charge on any atom is 0.258 e. The third-order valence-electron chi connectivity index (χ3n) is 6.64. The summed E-state index contributed by atoms with van der Waals surface area (Å²) in [7, 11) is 0. The van der Waals surface area contributed by atoms with Crippen LogP contribution in [0.4, 0.5) is 8.78 Å². The standard InChI is InChI=1S/C24H24Cl2F2N2O5/c25-16-9-14(1-3-18(16)27)34-12-21(32)29-23-5-7-24(8-6-23,20(31)11-23)30-22(33)13-35-15-2-4-19(28)17(26)10-15/h1-4,9-10,20,31H,5-8,11-13H2,(H,29,32)(H,30,33)/t20-,23?,24?/m0/s1. The van der Waals surface area contributed by atoms with Crippen LogP contribution in [0.15, 0.2) is 36.4 Å². The molecule has 0 unspecified atom stereocenters. The summed E-state index contributed by atoms with van der Waals surface area (Å²) in [4.78, 5) is 25.0. The molecule has 0 heterocycles. The number of aliphatic hydroxyl groups excluding tert-OH is 1. The molecule has 2 aromatic carbocycles. The van der Waals surface area contributed by atoms with Gasteiger partial charge in [-0.3, -0.25) is 9.59 Å². The minimum absolute atomic E-state index is 0.102. The van der Waals surface area contributed by atoms with Gasteiger partial charge in [0.05, 0.1) is 21.7 Å². The van der Waals surface area contributed by atoms with E-state index in [1.165, 1.54) is 24.3 Å². The predicted octanol–water partition coefficient (Wildman–Crippen LogP) is 3.78. The normalized spacial score (nSPS) is 25.1. The predicted molar refractivity (Wildman–Crippen MR) is 125 cm³/mol. The Labute approximate surface area is 210 Å². The number of hydrogen-bond donors (Lipinski definition) is 3. The molecule has 7 nitrogen and oxygen atoms in total. The van der Waals surface area contributed by atoms with Crippen molar-refractivity contribution in [3.05, 3.63) is 58.1 Å². The largest absolute Gasteiger partial charge is 0.484 e. The average Bonchev–Trinajstić information content (AvgIpc) is 2.82. The van der Waals surface area contributed by atoms with Gasteiger partial charge in [0.15, 0.2) is 13.2 Å². The molecule has 5 rings (SSSR count). The second kappa shape index (κ2) is 10.2. The van der Waals surface area contributed by atoms with Crippen LogP contribution in [0.3, 0.4) is 0 Å². The highest BCUT2D eigenvalue weighted by atomic mass is 35.5. The molecule has 3 aliphatic carbocycles. The molecule has 3 saturated carbocycles. The summed E-state index contributed by atoms with van der Waals surface area (Å²) in [5.41, 5.74) is -1.41. The van der Waals surface area contributed by atoms with E-state index in [-0.39, 0.29) is 47.1 Å². The summed E-state index contributed by atoms with van der Waals surface area (Å²) in [6, 6.07) is 7.62. The van der Waals surface area contributed by atoms with Gasteiger partial charge in [-0.25, -0.2) is 8.78 Å². The molecule has 3 fully saturated rings. The maximum atomic E-state index is 13.3. The molecular weight excluding hydrogens is 505 g/mol. The Morgan fingerprint density at radius 2 is 1.37 bits per heavy atom. The molecule has 35 heavy (non-hydrogen) atoms. The summed E-state index contributed by atoms with van der Waals surface area (Å²) < 4.78 is 37.3. The van der Waals surface area contributed by atoms with E-state index in [1.807, 2.05) is 0 Å². The molecule has 0 saturated heterocycles. The topological polar surface area (TPSA) is 96.9 Å². The van der Waals surface area contributed by atoms with Gasteiger partial charge in [-0.2, -0.15) is 0 Å². The molecule has 2 bridgehead atoms. The number of carbonyl (C=O) groups excluding carboxylic acids is 2. The second-order valence-corrected chi connectivity index (χ2v) is 9.80. The lowest BCUT2D eigenvalue weighted by Gasteiger charge is -2.56. The summed E-state index contributed by atoms with van der Waals surface area (Å²) in [6.07, 6.45) is 1.47. The van der Waals surface area contributed by atoms with Gasteiger partial charge in [-0.1, -0.05) is 23.2 Å². The van der Waals surface area contributed by atoms with Crippen LogP contribution in [0, 0.1) is 11.6 Å². The summed E-state index contributed by atoms with van der Waals surface area (Å²) in [6.45, 7) is -0.602. The molecule has 0 spiro atoms. The minimum atomic E-state index is -0.869. The van der Waals surface area contributed by atoms with Crippen LogP contribution >= 0.6 is 23.2 Å². The van der Waals surface area contributed by atoms with Gasteiger partial charge >= 0.3 is 0 Å². The first-order chi connectivity index (χ1) is 16.6. The van der Waals surface area contributed by atoms with Crippen LogP contribution < -0.4 is 20.1 Å². The zero-order chi connectivity index (χ0) is 25.2. The third kappa shape index (κ3) is 5.79. The molecule has 3 N–H and O–H groups in total. The highest BCUT2D eigenvalue weighted by molar-refractivity contribution is 6.31. The zero-order valence-electron chi connectivity index (χ0n) is 18.6. The van der Waals surface area contributed by atoms with E-state index in [4.69, 9.17) is 32.7 Å². The van der Waals surface area contributed by atoms with Crippen molar-refractivity contribution in [2.24, 2.45) is 0 Å². The van der Waals surface area contributed by atoms with E-state index in [0.717, 1.165) is 12.1 Å². The van der Waals surface area contributed by atoms with E-state index in [9.17, 15) is 23.5 Å². The maximum absolute atomic E-state index is 13.3. The Bertz CT molecular complexity index is 1130. The number of nitrogens with one attached hydrogen (secondary N) is 2. The van der Waals surface area contributed by atoms with Gasteiger partial charge in [0.25, 0.3) is 11.8 Å². The number of amides is 2. The molecular formula is C24H24Cl2F2N2O5. The molecule has 188 valence electrons. The van der Waals surface area contributed by atoms with Crippen molar-refractivity contribution in [2.75, 3.05) is 13.2 Å². The van der Waals surface area contributed by atoms with Crippen molar-refractivity contribution in [1.29, 1.82) is 0 Å². The number of halogens is 4. The van der Waals surface area contributed by atoms with E-state index in [1.54, 1.807) is 0 Å². The summed E-state index contributed by atoms with van der Waals surface area (Å²) in [5.74, 6) is -1.44. The van der Waals surface area contributed by atoms with Crippen molar-refractivity contribution >= 4 is 35.0 Å². The Morgan fingerprint density at radius 3 is 1.83 bits per heavy atom. The van der Waals surface area contributed by atoms with E-state index < -0.39 is 34.7 Å². The smallest absolute Gasteiger partial charge is 0.258 e. The van der Waals surface area contributed by atoms with E-state index in [0.29, 0.717) is 25.7 Å². The third-order valence-corrected chi connectivity index (χ3v) is 7.22.